The minimum atomic E-state index is 0.0708. The minimum Gasteiger partial charge on any atom is -0.383 e. The Labute approximate surface area is 162 Å². The summed E-state index contributed by atoms with van der Waals surface area (Å²) in [7, 11) is 0. The molecule has 0 radical (unpaired) electrons. The van der Waals surface area contributed by atoms with Crippen LogP contribution in [0.15, 0.2) is 5.16 Å². The molecule has 0 unspecified atom stereocenters. The van der Waals surface area contributed by atoms with Crippen molar-refractivity contribution in [2.24, 2.45) is 5.92 Å². The number of aromatic nitrogens is 2. The van der Waals surface area contributed by atoms with Gasteiger partial charge < -0.3 is 11.1 Å². The highest BCUT2D eigenvalue weighted by Crippen LogP contribution is 2.38. The van der Waals surface area contributed by atoms with Crippen LogP contribution >= 0.6 is 23.1 Å². The Hall–Kier alpha value is -1.34. The zero-order valence-electron chi connectivity index (χ0n) is 15.2. The summed E-state index contributed by atoms with van der Waals surface area (Å²) in [6.45, 7) is 2.23. The van der Waals surface area contributed by atoms with Crippen LogP contribution in [0, 0.1) is 5.92 Å². The number of carbonyl (C=O) groups is 1. The van der Waals surface area contributed by atoms with Crippen molar-refractivity contribution in [3.05, 3.63) is 10.4 Å². The van der Waals surface area contributed by atoms with E-state index in [0.717, 1.165) is 29.5 Å². The summed E-state index contributed by atoms with van der Waals surface area (Å²) in [6, 6.07) is 0.314. The lowest BCUT2D eigenvalue weighted by Crippen LogP contribution is -2.41. The third kappa shape index (κ3) is 3.69. The zero-order chi connectivity index (χ0) is 18.1. The van der Waals surface area contributed by atoms with Gasteiger partial charge in [-0.2, -0.15) is 0 Å². The van der Waals surface area contributed by atoms with Crippen molar-refractivity contribution < 1.29 is 4.79 Å². The quantitative estimate of drug-likeness (QED) is 0.610. The summed E-state index contributed by atoms with van der Waals surface area (Å²) in [5.41, 5.74) is 7.60. The van der Waals surface area contributed by atoms with Crippen molar-refractivity contribution >= 4 is 45.0 Å². The number of aryl methyl sites for hydroxylation is 2. The molecule has 1 fully saturated rings. The first-order valence-corrected chi connectivity index (χ1v) is 11.4. The molecule has 0 aliphatic heterocycles. The zero-order valence-corrected chi connectivity index (χ0v) is 16.8. The number of amides is 1. The van der Waals surface area contributed by atoms with Crippen molar-refractivity contribution in [2.45, 2.75) is 69.5 Å². The number of nitrogens with one attached hydrogen (secondary N) is 1. The Morgan fingerprint density at radius 1 is 1.23 bits per heavy atom. The average Bonchev–Trinajstić information content (AvgIpc) is 3.01. The second-order valence-electron chi connectivity index (χ2n) is 7.51. The summed E-state index contributed by atoms with van der Waals surface area (Å²) >= 11 is 3.13. The summed E-state index contributed by atoms with van der Waals surface area (Å²) in [5.74, 6) is 1.55. The van der Waals surface area contributed by atoms with Gasteiger partial charge in [0, 0.05) is 10.9 Å². The maximum atomic E-state index is 12.3. The lowest BCUT2D eigenvalue weighted by Gasteiger charge is -2.29. The molecule has 7 heteroatoms. The predicted molar refractivity (Wildman–Crippen MR) is 109 cm³/mol. The number of carbonyl (C=O) groups excluding carboxylic acids is 1. The first kappa shape index (κ1) is 18.0. The molecule has 1 amide bonds. The molecule has 2 aliphatic carbocycles. The van der Waals surface area contributed by atoms with Crippen LogP contribution in [0.25, 0.3) is 10.2 Å². The summed E-state index contributed by atoms with van der Waals surface area (Å²) < 4.78 is 0. The van der Waals surface area contributed by atoms with Crippen molar-refractivity contribution in [3.63, 3.8) is 0 Å². The normalized spacial score (nSPS) is 23.0. The summed E-state index contributed by atoms with van der Waals surface area (Å²) in [6.07, 6.45) is 9.45. The van der Waals surface area contributed by atoms with Gasteiger partial charge in [0.1, 0.15) is 10.6 Å². The number of nitrogens with two attached hydrogens (primary N) is 1. The Bertz CT molecular complexity index is 819. The molecule has 140 valence electrons. The number of nitrogen functional groups attached to an aromatic ring is 1. The average molecular weight is 391 g/mol. The van der Waals surface area contributed by atoms with Gasteiger partial charge in [0.2, 0.25) is 5.91 Å². The van der Waals surface area contributed by atoms with E-state index in [1.54, 1.807) is 11.3 Å². The van der Waals surface area contributed by atoms with Crippen LogP contribution in [-0.2, 0) is 17.6 Å². The molecule has 3 N–H and O–H groups in total. The first-order chi connectivity index (χ1) is 12.6. The molecular weight excluding hydrogens is 364 g/mol. The molecule has 0 bridgehead atoms. The van der Waals surface area contributed by atoms with E-state index in [1.165, 1.54) is 54.3 Å². The molecule has 0 spiro atoms. The second kappa shape index (κ2) is 7.72. The number of thioether (sulfide) groups is 1. The monoisotopic (exact) mass is 390 g/mol. The minimum absolute atomic E-state index is 0.0708. The topological polar surface area (TPSA) is 80.9 Å². The largest absolute Gasteiger partial charge is 0.383 e. The number of hydrogen-bond acceptors (Lipinski definition) is 6. The van der Waals surface area contributed by atoms with Crippen LogP contribution < -0.4 is 11.1 Å². The maximum absolute atomic E-state index is 12.3. The highest BCUT2D eigenvalue weighted by molar-refractivity contribution is 7.99. The van der Waals surface area contributed by atoms with Crippen molar-refractivity contribution in [1.29, 1.82) is 0 Å². The molecule has 0 saturated heterocycles. The van der Waals surface area contributed by atoms with Crippen molar-refractivity contribution in [2.75, 3.05) is 11.5 Å². The fourth-order valence-electron chi connectivity index (χ4n) is 4.14. The van der Waals surface area contributed by atoms with E-state index < -0.39 is 0 Å². The molecule has 2 aromatic rings. The molecule has 2 aromatic heterocycles. The third-order valence-corrected chi connectivity index (χ3v) is 7.65. The van der Waals surface area contributed by atoms with Gasteiger partial charge in [-0.15, -0.1) is 11.3 Å². The van der Waals surface area contributed by atoms with Gasteiger partial charge in [-0.3, -0.25) is 4.79 Å². The third-order valence-electron chi connectivity index (χ3n) is 5.61. The Morgan fingerprint density at radius 3 is 2.88 bits per heavy atom. The van der Waals surface area contributed by atoms with E-state index >= 15 is 0 Å². The highest BCUT2D eigenvalue weighted by atomic mass is 32.2. The van der Waals surface area contributed by atoms with Gasteiger partial charge in [-0.05, 0) is 50.0 Å². The second-order valence-corrected chi connectivity index (χ2v) is 9.53. The van der Waals surface area contributed by atoms with Crippen LogP contribution in [-0.4, -0.2) is 27.7 Å². The lowest BCUT2D eigenvalue weighted by molar-refractivity contribution is -0.119. The molecule has 5 nitrogen and oxygen atoms in total. The van der Waals surface area contributed by atoms with Crippen LogP contribution in [0.4, 0.5) is 5.82 Å². The van der Waals surface area contributed by atoms with Gasteiger partial charge >= 0.3 is 0 Å². The van der Waals surface area contributed by atoms with Crippen LogP contribution in [0.5, 0.6) is 0 Å². The van der Waals surface area contributed by atoms with Gasteiger partial charge in [-0.25, -0.2) is 9.97 Å². The molecule has 4 rings (SSSR count). The number of nitrogens with zero attached hydrogens (tertiary/aromatic N) is 2. The van der Waals surface area contributed by atoms with E-state index in [9.17, 15) is 4.79 Å². The summed E-state index contributed by atoms with van der Waals surface area (Å²) in [4.78, 5) is 23.9. The van der Waals surface area contributed by atoms with Crippen LogP contribution in [0.3, 0.4) is 0 Å². The molecule has 26 heavy (non-hydrogen) atoms. The molecule has 2 atom stereocenters. The first-order valence-electron chi connectivity index (χ1n) is 9.61. The Morgan fingerprint density at radius 2 is 2.04 bits per heavy atom. The number of rotatable bonds is 4. The molecular formula is C19H26N4OS2. The van der Waals surface area contributed by atoms with Crippen LogP contribution in [0.1, 0.15) is 55.9 Å². The molecule has 0 aromatic carbocycles. The van der Waals surface area contributed by atoms with E-state index in [4.69, 9.17) is 5.73 Å². The van der Waals surface area contributed by atoms with Crippen molar-refractivity contribution in [1.82, 2.24) is 15.3 Å². The summed E-state index contributed by atoms with van der Waals surface area (Å²) in [5, 5.41) is 4.85. The van der Waals surface area contributed by atoms with E-state index in [0.29, 0.717) is 28.7 Å². The number of anilines is 1. The van der Waals surface area contributed by atoms with Gasteiger partial charge in [0.05, 0.1) is 11.1 Å². The number of thiophene rings is 1. The fourth-order valence-corrected chi connectivity index (χ4v) is 6.13. The van der Waals surface area contributed by atoms with Gasteiger partial charge in [0.25, 0.3) is 0 Å². The Balaban J connectivity index is 1.43. The number of hydrogen-bond donors (Lipinski definition) is 2. The standard InChI is InChI=1S/C19H26N4OS2/c1-11-6-2-4-8-13(11)21-15(24)10-25-19-22-17(20)16-12-7-3-5-9-14(12)26-18(16)23-19/h11,13H,2-10H2,1H3,(H,21,24)(H2,20,22,23)/t11-,13-/m0/s1. The van der Waals surface area contributed by atoms with Crippen LogP contribution in [0.2, 0.25) is 0 Å². The molecule has 2 aliphatic rings. The molecule has 2 heterocycles. The fraction of sp³-hybridized carbons (Fsp3) is 0.632. The van der Waals surface area contributed by atoms with E-state index in [-0.39, 0.29) is 5.91 Å². The molecule has 1 saturated carbocycles. The Kier molecular flexibility index (Phi) is 5.36. The lowest BCUT2D eigenvalue weighted by atomic mass is 9.86. The highest BCUT2D eigenvalue weighted by Gasteiger charge is 2.23. The maximum Gasteiger partial charge on any atom is 0.230 e. The van der Waals surface area contributed by atoms with E-state index in [1.807, 2.05) is 0 Å². The van der Waals surface area contributed by atoms with Gasteiger partial charge in [-0.1, -0.05) is 31.5 Å². The van der Waals surface area contributed by atoms with Gasteiger partial charge in [0.15, 0.2) is 5.16 Å². The predicted octanol–water partition coefficient (Wildman–Crippen LogP) is 3.94. The SMILES string of the molecule is C[C@H]1CCCC[C@@H]1NC(=O)CSc1nc(N)c2c3c(sc2n1)CCCC3. The number of fused-ring (bicyclic) bond motifs is 3. The smallest absolute Gasteiger partial charge is 0.230 e. The van der Waals surface area contributed by atoms with E-state index in [2.05, 4.69) is 22.2 Å². The van der Waals surface area contributed by atoms with Crippen molar-refractivity contribution in [3.8, 4) is 0 Å².